The molecule has 0 spiro atoms. The Kier molecular flexibility index (Phi) is 4.75. The number of pyridine rings is 1. The zero-order valence-corrected chi connectivity index (χ0v) is 11.0. The van der Waals surface area contributed by atoms with Crippen molar-refractivity contribution in [3.05, 3.63) is 54.4 Å². The van der Waals surface area contributed by atoms with Gasteiger partial charge in [-0.15, -0.1) is 0 Å². The second-order valence-corrected chi connectivity index (χ2v) is 4.18. The van der Waals surface area contributed by atoms with Crippen LogP contribution in [0.5, 0.6) is 11.5 Å². The highest BCUT2D eigenvalue weighted by atomic mass is 16.5. The molecule has 0 saturated heterocycles. The van der Waals surface area contributed by atoms with E-state index in [4.69, 9.17) is 15.2 Å². The Bertz CT molecular complexity index is 503. The maximum atomic E-state index is 5.80. The van der Waals surface area contributed by atoms with E-state index in [1.807, 2.05) is 42.6 Å². The normalized spacial score (nSPS) is 11.9. The SMILES string of the molecule is COc1ccccc1OCC(CN)c1cccnc1. The zero-order valence-electron chi connectivity index (χ0n) is 11.0. The molecule has 1 heterocycles. The summed E-state index contributed by atoms with van der Waals surface area (Å²) in [7, 11) is 1.63. The van der Waals surface area contributed by atoms with Crippen LogP contribution >= 0.6 is 0 Å². The van der Waals surface area contributed by atoms with Crippen molar-refractivity contribution in [1.82, 2.24) is 4.98 Å². The van der Waals surface area contributed by atoms with E-state index in [1.165, 1.54) is 0 Å². The summed E-state index contributed by atoms with van der Waals surface area (Å²) in [6.45, 7) is 1.02. The summed E-state index contributed by atoms with van der Waals surface area (Å²) < 4.78 is 11.1. The zero-order chi connectivity index (χ0) is 13.5. The van der Waals surface area contributed by atoms with Gasteiger partial charge in [-0.05, 0) is 23.8 Å². The van der Waals surface area contributed by atoms with Gasteiger partial charge in [-0.25, -0.2) is 0 Å². The van der Waals surface area contributed by atoms with Crippen LogP contribution in [0.25, 0.3) is 0 Å². The number of para-hydroxylation sites is 2. The van der Waals surface area contributed by atoms with Crippen molar-refractivity contribution in [2.45, 2.75) is 5.92 Å². The molecule has 0 saturated carbocycles. The third-order valence-corrected chi connectivity index (χ3v) is 2.95. The first-order chi connectivity index (χ1) is 9.35. The fourth-order valence-corrected chi connectivity index (χ4v) is 1.85. The predicted molar refractivity (Wildman–Crippen MR) is 74.5 cm³/mol. The van der Waals surface area contributed by atoms with Gasteiger partial charge < -0.3 is 15.2 Å². The third-order valence-electron chi connectivity index (χ3n) is 2.95. The molecule has 0 bridgehead atoms. The molecule has 1 aromatic carbocycles. The van der Waals surface area contributed by atoms with Crippen molar-refractivity contribution in [3.8, 4) is 11.5 Å². The molecule has 0 radical (unpaired) electrons. The van der Waals surface area contributed by atoms with Gasteiger partial charge in [-0.2, -0.15) is 0 Å². The molecule has 0 aliphatic carbocycles. The third kappa shape index (κ3) is 3.45. The number of benzene rings is 1. The molecular weight excluding hydrogens is 240 g/mol. The van der Waals surface area contributed by atoms with Gasteiger partial charge in [0.1, 0.15) is 0 Å². The highest BCUT2D eigenvalue weighted by Crippen LogP contribution is 2.27. The molecule has 1 aromatic heterocycles. The minimum Gasteiger partial charge on any atom is -0.493 e. The van der Waals surface area contributed by atoms with Crippen molar-refractivity contribution in [3.63, 3.8) is 0 Å². The van der Waals surface area contributed by atoms with Crippen molar-refractivity contribution in [1.29, 1.82) is 0 Å². The number of nitrogens with two attached hydrogens (primary N) is 1. The second-order valence-electron chi connectivity index (χ2n) is 4.18. The summed E-state index contributed by atoms with van der Waals surface area (Å²) in [5.74, 6) is 1.58. The Labute approximate surface area is 113 Å². The van der Waals surface area contributed by atoms with Crippen molar-refractivity contribution in [2.24, 2.45) is 5.73 Å². The summed E-state index contributed by atoms with van der Waals surface area (Å²) >= 11 is 0. The highest BCUT2D eigenvalue weighted by molar-refractivity contribution is 5.39. The highest BCUT2D eigenvalue weighted by Gasteiger charge is 2.12. The number of aromatic nitrogens is 1. The molecule has 1 unspecified atom stereocenters. The van der Waals surface area contributed by atoms with Crippen molar-refractivity contribution >= 4 is 0 Å². The van der Waals surface area contributed by atoms with E-state index in [0.29, 0.717) is 13.2 Å². The van der Waals surface area contributed by atoms with E-state index >= 15 is 0 Å². The molecule has 2 aromatic rings. The average molecular weight is 258 g/mol. The number of nitrogens with zero attached hydrogens (tertiary/aromatic N) is 1. The minimum absolute atomic E-state index is 0.124. The quantitative estimate of drug-likeness (QED) is 0.863. The van der Waals surface area contributed by atoms with Crippen molar-refractivity contribution in [2.75, 3.05) is 20.3 Å². The molecular formula is C15H18N2O2. The van der Waals surface area contributed by atoms with Crippen LogP contribution in [0.2, 0.25) is 0 Å². The second kappa shape index (κ2) is 6.75. The van der Waals surface area contributed by atoms with Gasteiger partial charge in [0.25, 0.3) is 0 Å². The monoisotopic (exact) mass is 258 g/mol. The van der Waals surface area contributed by atoms with Gasteiger partial charge in [0.05, 0.1) is 13.7 Å². The Hall–Kier alpha value is -2.07. The molecule has 2 N–H and O–H groups in total. The van der Waals surface area contributed by atoms with E-state index in [0.717, 1.165) is 17.1 Å². The Morgan fingerprint density at radius 2 is 1.95 bits per heavy atom. The molecule has 19 heavy (non-hydrogen) atoms. The number of methoxy groups -OCH3 is 1. The van der Waals surface area contributed by atoms with E-state index in [-0.39, 0.29) is 5.92 Å². The van der Waals surface area contributed by atoms with Crippen molar-refractivity contribution < 1.29 is 9.47 Å². The molecule has 4 nitrogen and oxygen atoms in total. The number of ether oxygens (including phenoxy) is 2. The topological polar surface area (TPSA) is 57.4 Å². The lowest BCUT2D eigenvalue weighted by Gasteiger charge is -2.17. The summed E-state index contributed by atoms with van der Waals surface area (Å²) in [6, 6.07) is 11.5. The van der Waals surface area contributed by atoms with Gasteiger partial charge in [-0.1, -0.05) is 18.2 Å². The van der Waals surface area contributed by atoms with Crippen LogP contribution in [0, 0.1) is 0 Å². The molecule has 1 atom stereocenters. The summed E-state index contributed by atoms with van der Waals surface area (Å²) in [4.78, 5) is 4.11. The van der Waals surface area contributed by atoms with Gasteiger partial charge in [0.15, 0.2) is 11.5 Å². The van der Waals surface area contributed by atoms with Crippen LogP contribution in [0.1, 0.15) is 11.5 Å². The fraction of sp³-hybridized carbons (Fsp3) is 0.267. The number of hydrogen-bond donors (Lipinski definition) is 1. The van der Waals surface area contributed by atoms with Crippen LogP contribution in [0.3, 0.4) is 0 Å². The van der Waals surface area contributed by atoms with Crippen LogP contribution in [-0.4, -0.2) is 25.2 Å². The Morgan fingerprint density at radius 1 is 1.16 bits per heavy atom. The van der Waals surface area contributed by atoms with Gasteiger partial charge in [0.2, 0.25) is 0 Å². The Balaban J connectivity index is 2.04. The summed E-state index contributed by atoms with van der Waals surface area (Å²) in [5.41, 5.74) is 6.88. The number of rotatable bonds is 6. The predicted octanol–water partition coefficient (Wildman–Crippen LogP) is 2.21. The van der Waals surface area contributed by atoms with Crippen LogP contribution in [0.4, 0.5) is 0 Å². The van der Waals surface area contributed by atoms with E-state index < -0.39 is 0 Å². The van der Waals surface area contributed by atoms with Gasteiger partial charge >= 0.3 is 0 Å². The lowest BCUT2D eigenvalue weighted by molar-refractivity contribution is 0.273. The number of hydrogen-bond acceptors (Lipinski definition) is 4. The van der Waals surface area contributed by atoms with E-state index in [2.05, 4.69) is 4.98 Å². The first-order valence-electron chi connectivity index (χ1n) is 6.21. The van der Waals surface area contributed by atoms with Crippen LogP contribution in [-0.2, 0) is 0 Å². The maximum Gasteiger partial charge on any atom is 0.161 e. The molecule has 0 fully saturated rings. The summed E-state index contributed by atoms with van der Waals surface area (Å²) in [6.07, 6.45) is 3.57. The van der Waals surface area contributed by atoms with Crippen LogP contribution in [0.15, 0.2) is 48.8 Å². The first kappa shape index (κ1) is 13.4. The van der Waals surface area contributed by atoms with Gasteiger partial charge in [-0.3, -0.25) is 4.98 Å². The molecule has 0 amide bonds. The first-order valence-corrected chi connectivity index (χ1v) is 6.21. The molecule has 0 aliphatic rings. The smallest absolute Gasteiger partial charge is 0.161 e. The van der Waals surface area contributed by atoms with E-state index in [9.17, 15) is 0 Å². The molecule has 2 rings (SSSR count). The molecule has 0 aliphatic heterocycles. The Morgan fingerprint density at radius 3 is 2.58 bits per heavy atom. The average Bonchev–Trinajstić information content (AvgIpc) is 2.49. The lowest BCUT2D eigenvalue weighted by Crippen LogP contribution is -2.19. The minimum atomic E-state index is 0.124. The molecule has 100 valence electrons. The largest absolute Gasteiger partial charge is 0.493 e. The molecule has 4 heteroatoms. The fourth-order valence-electron chi connectivity index (χ4n) is 1.85. The van der Waals surface area contributed by atoms with Gasteiger partial charge in [0, 0.05) is 24.9 Å². The van der Waals surface area contributed by atoms with E-state index in [1.54, 1.807) is 13.3 Å². The standard InChI is InChI=1S/C15H18N2O2/c1-18-14-6-2-3-7-15(14)19-11-13(9-16)12-5-4-8-17-10-12/h2-8,10,13H,9,11,16H2,1H3. The maximum absolute atomic E-state index is 5.80. The summed E-state index contributed by atoms with van der Waals surface area (Å²) in [5, 5.41) is 0. The van der Waals surface area contributed by atoms with Crippen LogP contribution < -0.4 is 15.2 Å². The lowest BCUT2D eigenvalue weighted by atomic mass is 10.0.